The molecule has 1 rings (SSSR count). The van der Waals surface area contributed by atoms with Gasteiger partial charge < -0.3 is 4.74 Å². The van der Waals surface area contributed by atoms with E-state index in [4.69, 9.17) is 10.6 Å². The van der Waals surface area contributed by atoms with E-state index in [1.165, 1.54) is 0 Å². The van der Waals surface area contributed by atoms with Crippen molar-refractivity contribution in [2.75, 3.05) is 7.11 Å². The summed E-state index contributed by atoms with van der Waals surface area (Å²) >= 11 is 2.12. The van der Waals surface area contributed by atoms with Gasteiger partial charge in [-0.3, -0.25) is 10.2 Å². The molecule has 0 saturated heterocycles. The van der Waals surface area contributed by atoms with Crippen LogP contribution in [-0.2, 0) is 0 Å². The average Bonchev–Trinajstić information content (AvgIpc) is 2.17. The number of benzene rings is 1. The molecule has 1 aromatic rings. The summed E-state index contributed by atoms with van der Waals surface area (Å²) in [4.78, 5) is 11.1. The van der Waals surface area contributed by atoms with E-state index in [2.05, 4.69) is 28.0 Å². The molecule has 0 spiro atoms. The molecule has 0 unspecified atom stereocenters. The SMILES string of the molecule is COc1cc(C(=O)NN)ccc1I. The lowest BCUT2D eigenvalue weighted by molar-refractivity contribution is 0.0953. The van der Waals surface area contributed by atoms with Gasteiger partial charge in [0.15, 0.2) is 0 Å². The average molecular weight is 292 g/mol. The van der Waals surface area contributed by atoms with Crippen LogP contribution in [0, 0.1) is 3.57 Å². The van der Waals surface area contributed by atoms with Crippen LogP contribution in [0.1, 0.15) is 10.4 Å². The molecule has 0 bridgehead atoms. The number of carbonyl (C=O) groups is 1. The van der Waals surface area contributed by atoms with Gasteiger partial charge in [0.25, 0.3) is 5.91 Å². The predicted molar refractivity (Wildman–Crippen MR) is 57.4 cm³/mol. The molecular formula is C8H9IN2O2. The van der Waals surface area contributed by atoms with E-state index in [1.54, 1.807) is 25.3 Å². The number of hydrazine groups is 1. The smallest absolute Gasteiger partial charge is 0.265 e. The van der Waals surface area contributed by atoms with Crippen LogP contribution in [0.25, 0.3) is 0 Å². The van der Waals surface area contributed by atoms with Gasteiger partial charge in [0, 0.05) is 5.56 Å². The van der Waals surface area contributed by atoms with Gasteiger partial charge in [-0.25, -0.2) is 5.84 Å². The van der Waals surface area contributed by atoms with Crippen LogP contribution < -0.4 is 16.0 Å². The Balaban J connectivity index is 3.06. The van der Waals surface area contributed by atoms with Crippen molar-refractivity contribution in [2.45, 2.75) is 0 Å². The first-order valence-electron chi connectivity index (χ1n) is 3.53. The zero-order chi connectivity index (χ0) is 9.84. The summed E-state index contributed by atoms with van der Waals surface area (Å²) in [6.07, 6.45) is 0. The van der Waals surface area contributed by atoms with Crippen LogP contribution in [0.3, 0.4) is 0 Å². The molecule has 3 N–H and O–H groups in total. The van der Waals surface area contributed by atoms with Crippen molar-refractivity contribution in [1.29, 1.82) is 0 Å². The van der Waals surface area contributed by atoms with Crippen molar-refractivity contribution in [3.63, 3.8) is 0 Å². The number of amides is 1. The Labute approximate surface area is 89.6 Å². The van der Waals surface area contributed by atoms with Gasteiger partial charge >= 0.3 is 0 Å². The quantitative estimate of drug-likeness (QED) is 0.368. The Morgan fingerprint density at radius 2 is 2.31 bits per heavy atom. The number of halogens is 1. The Kier molecular flexibility index (Phi) is 3.49. The number of nitrogen functional groups attached to an aromatic ring is 1. The molecule has 0 atom stereocenters. The van der Waals surface area contributed by atoms with Gasteiger partial charge in [0.1, 0.15) is 5.75 Å². The Bertz CT molecular complexity index is 328. The number of nitrogens with two attached hydrogens (primary N) is 1. The first-order valence-corrected chi connectivity index (χ1v) is 4.61. The van der Waals surface area contributed by atoms with E-state index in [9.17, 15) is 4.79 Å². The minimum atomic E-state index is -0.324. The maximum Gasteiger partial charge on any atom is 0.265 e. The highest BCUT2D eigenvalue weighted by atomic mass is 127. The second kappa shape index (κ2) is 4.43. The van der Waals surface area contributed by atoms with Crippen molar-refractivity contribution in [3.05, 3.63) is 27.3 Å². The first-order chi connectivity index (χ1) is 6.19. The molecule has 5 heteroatoms. The number of methoxy groups -OCH3 is 1. The van der Waals surface area contributed by atoms with Crippen molar-refractivity contribution < 1.29 is 9.53 Å². The van der Waals surface area contributed by atoms with Gasteiger partial charge in [-0.1, -0.05) is 0 Å². The molecule has 4 nitrogen and oxygen atoms in total. The highest BCUT2D eigenvalue weighted by molar-refractivity contribution is 14.1. The molecule has 0 saturated carbocycles. The largest absolute Gasteiger partial charge is 0.496 e. The summed E-state index contributed by atoms with van der Waals surface area (Å²) < 4.78 is 6.00. The number of carbonyl (C=O) groups excluding carboxylic acids is 1. The maximum absolute atomic E-state index is 11.1. The third kappa shape index (κ3) is 2.31. The third-order valence-corrected chi connectivity index (χ3v) is 2.44. The lowest BCUT2D eigenvalue weighted by atomic mass is 10.2. The molecule has 1 amide bonds. The lowest BCUT2D eigenvalue weighted by Gasteiger charge is -2.05. The Morgan fingerprint density at radius 3 is 2.85 bits per heavy atom. The molecule has 1 aromatic carbocycles. The van der Waals surface area contributed by atoms with E-state index in [1.807, 2.05) is 0 Å². The summed E-state index contributed by atoms with van der Waals surface area (Å²) in [5.74, 6) is 5.34. The number of hydrogen-bond donors (Lipinski definition) is 2. The van der Waals surface area contributed by atoms with Gasteiger partial charge in [-0.05, 0) is 40.8 Å². The second-order valence-electron chi connectivity index (χ2n) is 2.32. The molecule has 0 aliphatic heterocycles. The fourth-order valence-electron chi connectivity index (χ4n) is 0.884. The second-order valence-corrected chi connectivity index (χ2v) is 3.48. The van der Waals surface area contributed by atoms with Gasteiger partial charge in [-0.15, -0.1) is 0 Å². The van der Waals surface area contributed by atoms with E-state index in [-0.39, 0.29) is 5.91 Å². The standard InChI is InChI=1S/C8H9IN2O2/c1-13-7-4-5(8(12)11-10)2-3-6(7)9/h2-4H,10H2,1H3,(H,11,12). The van der Waals surface area contributed by atoms with Crippen LogP contribution in [0.15, 0.2) is 18.2 Å². The van der Waals surface area contributed by atoms with E-state index in [0.29, 0.717) is 11.3 Å². The van der Waals surface area contributed by atoms with E-state index < -0.39 is 0 Å². The minimum Gasteiger partial charge on any atom is -0.496 e. The molecule has 13 heavy (non-hydrogen) atoms. The monoisotopic (exact) mass is 292 g/mol. The summed E-state index contributed by atoms with van der Waals surface area (Å²) in [5, 5.41) is 0. The Hall–Kier alpha value is -0.820. The summed E-state index contributed by atoms with van der Waals surface area (Å²) in [7, 11) is 1.56. The molecule has 0 heterocycles. The molecule has 0 fully saturated rings. The molecule has 0 aliphatic carbocycles. The number of ether oxygens (including phenoxy) is 1. The number of rotatable bonds is 2. The highest BCUT2D eigenvalue weighted by Crippen LogP contribution is 2.21. The Morgan fingerprint density at radius 1 is 1.62 bits per heavy atom. The normalized spacial score (nSPS) is 9.46. The topological polar surface area (TPSA) is 64.3 Å². The van der Waals surface area contributed by atoms with Crippen LogP contribution in [0.2, 0.25) is 0 Å². The fourth-order valence-corrected chi connectivity index (χ4v) is 1.44. The summed E-state index contributed by atoms with van der Waals surface area (Å²) in [6.45, 7) is 0. The summed E-state index contributed by atoms with van der Waals surface area (Å²) in [5.41, 5.74) is 2.54. The molecule has 70 valence electrons. The third-order valence-electron chi connectivity index (χ3n) is 1.54. The van der Waals surface area contributed by atoms with Crippen LogP contribution in [0.5, 0.6) is 5.75 Å². The number of nitrogens with one attached hydrogen (secondary N) is 1. The molecular weight excluding hydrogens is 283 g/mol. The van der Waals surface area contributed by atoms with Crippen molar-refractivity contribution >= 4 is 28.5 Å². The van der Waals surface area contributed by atoms with Crippen molar-refractivity contribution in [3.8, 4) is 5.75 Å². The highest BCUT2D eigenvalue weighted by Gasteiger charge is 2.06. The predicted octanol–water partition coefficient (Wildman–Crippen LogP) is 0.903. The number of hydrogen-bond acceptors (Lipinski definition) is 3. The summed E-state index contributed by atoms with van der Waals surface area (Å²) in [6, 6.07) is 5.13. The van der Waals surface area contributed by atoms with Gasteiger partial charge in [-0.2, -0.15) is 0 Å². The zero-order valence-corrected chi connectivity index (χ0v) is 9.16. The lowest BCUT2D eigenvalue weighted by Crippen LogP contribution is -2.29. The maximum atomic E-state index is 11.1. The molecule has 0 aliphatic rings. The molecule has 0 aromatic heterocycles. The van der Waals surface area contributed by atoms with Crippen molar-refractivity contribution in [2.24, 2.45) is 5.84 Å². The van der Waals surface area contributed by atoms with Gasteiger partial charge in [0.05, 0.1) is 10.7 Å². The van der Waals surface area contributed by atoms with Crippen LogP contribution in [0.4, 0.5) is 0 Å². The molecule has 0 radical (unpaired) electrons. The fraction of sp³-hybridized carbons (Fsp3) is 0.125. The van der Waals surface area contributed by atoms with Crippen LogP contribution in [-0.4, -0.2) is 13.0 Å². The van der Waals surface area contributed by atoms with Crippen LogP contribution >= 0.6 is 22.6 Å². The minimum absolute atomic E-state index is 0.324. The zero-order valence-electron chi connectivity index (χ0n) is 7.00. The first kappa shape index (κ1) is 10.3. The van der Waals surface area contributed by atoms with Crippen molar-refractivity contribution in [1.82, 2.24) is 5.43 Å². The van der Waals surface area contributed by atoms with Gasteiger partial charge in [0.2, 0.25) is 0 Å². The van der Waals surface area contributed by atoms with E-state index >= 15 is 0 Å². The van der Waals surface area contributed by atoms with E-state index in [0.717, 1.165) is 3.57 Å².